The minimum absolute atomic E-state index is 0.155. The van der Waals surface area contributed by atoms with Gasteiger partial charge in [0.1, 0.15) is 5.75 Å². The minimum Gasteiger partial charge on any atom is -0.490 e. The van der Waals surface area contributed by atoms with Crippen LogP contribution in [0.1, 0.15) is 68.8 Å². The molecular weight excluding hydrogens is 428 g/mol. The normalized spacial score (nSPS) is 18.4. The van der Waals surface area contributed by atoms with E-state index < -0.39 is 0 Å². The van der Waals surface area contributed by atoms with Crippen molar-refractivity contribution in [1.82, 2.24) is 20.1 Å². The molecule has 3 heterocycles. The average molecular weight is 459 g/mol. The maximum atomic E-state index is 6.51. The van der Waals surface area contributed by atoms with Gasteiger partial charge in [0.25, 0.3) is 0 Å². The Bertz CT molecular complexity index is 1290. The van der Waals surface area contributed by atoms with Gasteiger partial charge in [0, 0.05) is 46.3 Å². The third-order valence-corrected chi connectivity index (χ3v) is 6.58. The first kappa shape index (κ1) is 22.3. The van der Waals surface area contributed by atoms with Crippen molar-refractivity contribution in [1.29, 1.82) is 0 Å². The molecule has 5 rings (SSSR count). The molecule has 7 nitrogen and oxygen atoms in total. The van der Waals surface area contributed by atoms with E-state index >= 15 is 0 Å². The molecule has 1 aliphatic rings. The van der Waals surface area contributed by atoms with Crippen molar-refractivity contribution in [2.45, 2.75) is 64.4 Å². The lowest BCUT2D eigenvalue weighted by Gasteiger charge is -2.27. The molecule has 0 amide bonds. The number of aryl methyl sites for hydroxylation is 1. The lowest BCUT2D eigenvalue weighted by molar-refractivity contribution is 0.141. The van der Waals surface area contributed by atoms with Crippen molar-refractivity contribution in [2.75, 3.05) is 7.11 Å². The monoisotopic (exact) mass is 458 g/mol. The van der Waals surface area contributed by atoms with Crippen molar-refractivity contribution in [3.63, 3.8) is 0 Å². The van der Waals surface area contributed by atoms with Crippen LogP contribution in [-0.4, -0.2) is 33.3 Å². The molecule has 176 valence electrons. The molecule has 0 unspecified atom stereocenters. The summed E-state index contributed by atoms with van der Waals surface area (Å²) in [7, 11) is 1.63. The van der Waals surface area contributed by atoms with Crippen LogP contribution in [0.5, 0.6) is 11.6 Å². The minimum atomic E-state index is 0.155. The fourth-order valence-electron chi connectivity index (χ4n) is 4.66. The first-order valence-electron chi connectivity index (χ1n) is 11.9. The number of hydrogen-bond acceptors (Lipinski definition) is 7. The van der Waals surface area contributed by atoms with Crippen LogP contribution in [0.25, 0.3) is 22.0 Å². The van der Waals surface area contributed by atoms with Crippen LogP contribution in [0.3, 0.4) is 0 Å². The van der Waals surface area contributed by atoms with Gasteiger partial charge in [-0.2, -0.15) is 4.98 Å². The van der Waals surface area contributed by atoms with E-state index in [2.05, 4.69) is 47.2 Å². The predicted octanol–water partition coefficient (Wildman–Crippen LogP) is 6.23. The largest absolute Gasteiger partial charge is 0.490 e. The summed E-state index contributed by atoms with van der Waals surface area (Å²) in [4.78, 5) is 13.8. The molecule has 7 heteroatoms. The fraction of sp³-hybridized carbons (Fsp3) is 0.407. The summed E-state index contributed by atoms with van der Waals surface area (Å²) in [5, 5.41) is 5.14. The van der Waals surface area contributed by atoms with Crippen LogP contribution in [0.2, 0.25) is 0 Å². The second kappa shape index (κ2) is 9.41. The number of nitrogens with zero attached hydrogens (tertiary/aromatic N) is 4. The van der Waals surface area contributed by atoms with Crippen molar-refractivity contribution in [3.8, 4) is 22.8 Å². The van der Waals surface area contributed by atoms with Gasteiger partial charge in [-0.25, -0.2) is 4.98 Å². The van der Waals surface area contributed by atoms with Gasteiger partial charge in [0.15, 0.2) is 5.82 Å². The van der Waals surface area contributed by atoms with Crippen molar-refractivity contribution < 1.29 is 14.0 Å². The molecule has 0 atom stereocenters. The summed E-state index contributed by atoms with van der Waals surface area (Å²) in [6.07, 6.45) is 5.85. The molecule has 1 aromatic carbocycles. The Balaban J connectivity index is 1.35. The second-order valence-electron chi connectivity index (χ2n) is 9.23. The predicted molar refractivity (Wildman–Crippen MR) is 130 cm³/mol. The molecule has 0 spiro atoms. The van der Waals surface area contributed by atoms with Gasteiger partial charge in [-0.15, -0.1) is 0 Å². The van der Waals surface area contributed by atoms with Gasteiger partial charge in [-0.3, -0.25) is 4.98 Å². The molecule has 3 aromatic heterocycles. The van der Waals surface area contributed by atoms with Gasteiger partial charge >= 0.3 is 0 Å². The molecule has 0 radical (unpaired) electrons. The van der Waals surface area contributed by atoms with Crippen LogP contribution in [0.4, 0.5) is 0 Å². The van der Waals surface area contributed by atoms with E-state index in [0.29, 0.717) is 11.8 Å². The molecule has 0 saturated heterocycles. The van der Waals surface area contributed by atoms with Crippen LogP contribution in [0, 0.1) is 6.92 Å². The maximum Gasteiger partial charge on any atom is 0.229 e. The highest BCUT2D eigenvalue weighted by molar-refractivity contribution is 5.97. The Morgan fingerprint density at radius 1 is 0.971 bits per heavy atom. The Kier molecular flexibility index (Phi) is 6.18. The quantitative estimate of drug-likeness (QED) is 0.339. The van der Waals surface area contributed by atoms with E-state index in [9.17, 15) is 0 Å². The van der Waals surface area contributed by atoms with E-state index in [-0.39, 0.29) is 12.0 Å². The molecule has 4 aromatic rings. The summed E-state index contributed by atoms with van der Waals surface area (Å²) < 4.78 is 17.3. The number of fused-ring (bicyclic) bond motifs is 1. The third-order valence-electron chi connectivity index (χ3n) is 6.58. The van der Waals surface area contributed by atoms with Gasteiger partial charge in [-0.05, 0) is 50.8 Å². The van der Waals surface area contributed by atoms with Crippen LogP contribution in [-0.2, 0) is 0 Å². The highest BCUT2D eigenvalue weighted by Crippen LogP contribution is 2.37. The number of ether oxygens (including phenoxy) is 2. The van der Waals surface area contributed by atoms with Crippen LogP contribution in [0.15, 0.2) is 47.1 Å². The van der Waals surface area contributed by atoms with Crippen LogP contribution >= 0.6 is 0 Å². The molecule has 34 heavy (non-hydrogen) atoms. The Hall–Kier alpha value is -3.48. The van der Waals surface area contributed by atoms with Crippen LogP contribution < -0.4 is 9.47 Å². The van der Waals surface area contributed by atoms with E-state index in [1.165, 1.54) is 0 Å². The number of pyridine rings is 2. The zero-order valence-electron chi connectivity index (χ0n) is 20.1. The summed E-state index contributed by atoms with van der Waals surface area (Å²) in [5.41, 5.74) is 3.89. The Morgan fingerprint density at radius 2 is 1.79 bits per heavy atom. The Morgan fingerprint density at radius 3 is 2.50 bits per heavy atom. The summed E-state index contributed by atoms with van der Waals surface area (Å²) >= 11 is 0. The number of benzene rings is 1. The number of aromatic nitrogens is 4. The topological polar surface area (TPSA) is 83.2 Å². The Labute approximate surface area is 199 Å². The average Bonchev–Trinajstić information content (AvgIpc) is 3.35. The maximum absolute atomic E-state index is 6.51. The molecule has 0 aliphatic heterocycles. The number of hydrogen-bond donors (Lipinski definition) is 0. The number of rotatable bonds is 6. The molecule has 1 aliphatic carbocycles. The fourth-order valence-corrected chi connectivity index (χ4v) is 4.66. The second-order valence-corrected chi connectivity index (χ2v) is 9.23. The number of methoxy groups -OCH3 is 1. The van der Waals surface area contributed by atoms with Gasteiger partial charge < -0.3 is 14.0 Å². The smallest absolute Gasteiger partial charge is 0.229 e. The molecule has 0 bridgehead atoms. The summed E-state index contributed by atoms with van der Waals surface area (Å²) in [5.74, 6) is 3.62. The van der Waals surface area contributed by atoms with E-state index in [0.717, 1.165) is 70.9 Å². The lowest BCUT2D eigenvalue weighted by atomic mass is 9.87. The van der Waals surface area contributed by atoms with E-state index in [1.54, 1.807) is 7.11 Å². The van der Waals surface area contributed by atoms with Gasteiger partial charge in [-0.1, -0.05) is 31.1 Å². The van der Waals surface area contributed by atoms with E-state index in [1.807, 2.05) is 31.3 Å². The molecule has 0 N–H and O–H groups in total. The summed E-state index contributed by atoms with van der Waals surface area (Å²) in [6, 6.07) is 12.1. The first-order valence-corrected chi connectivity index (χ1v) is 11.9. The SMILES string of the molecule is COc1ccc(-c2cccc3c(OC4CCC(c5nc(C(C)C)no5)CC4)ccnc23)c(C)n1. The number of para-hydroxylation sites is 1. The standard InChI is InChI=1S/C27H30N4O3/c1-16(2)26-30-27(34-31-26)18-8-10-19(11-9-18)33-23-14-15-28-25-21(6-5-7-22(23)25)20-12-13-24(32-4)29-17(20)3/h5-7,12-16,18-19H,8-11H2,1-4H3. The molecular formula is C27H30N4O3. The van der Waals surface area contributed by atoms with Gasteiger partial charge in [0.05, 0.1) is 18.7 Å². The first-order chi connectivity index (χ1) is 16.5. The summed E-state index contributed by atoms with van der Waals surface area (Å²) in [6.45, 7) is 6.15. The third kappa shape index (κ3) is 4.34. The van der Waals surface area contributed by atoms with E-state index in [4.69, 9.17) is 19.0 Å². The zero-order chi connectivity index (χ0) is 23.7. The van der Waals surface area contributed by atoms with Crippen molar-refractivity contribution in [3.05, 3.63) is 60.0 Å². The highest BCUT2D eigenvalue weighted by atomic mass is 16.5. The molecule has 1 saturated carbocycles. The molecule has 1 fully saturated rings. The zero-order valence-corrected chi connectivity index (χ0v) is 20.1. The lowest BCUT2D eigenvalue weighted by Crippen LogP contribution is -2.23. The highest BCUT2D eigenvalue weighted by Gasteiger charge is 2.28. The van der Waals surface area contributed by atoms with Crippen molar-refractivity contribution >= 4 is 10.9 Å². The van der Waals surface area contributed by atoms with Crippen molar-refractivity contribution in [2.24, 2.45) is 0 Å². The van der Waals surface area contributed by atoms with Gasteiger partial charge in [0.2, 0.25) is 11.8 Å².